The summed E-state index contributed by atoms with van der Waals surface area (Å²) in [7, 11) is 1.42. The van der Waals surface area contributed by atoms with Gasteiger partial charge in [-0.2, -0.15) is 0 Å². The Morgan fingerprint density at radius 3 is 2.70 bits per heavy atom. The van der Waals surface area contributed by atoms with Crippen molar-refractivity contribution in [2.45, 2.75) is 19.9 Å². The standard InChI is InChI=1S/C19H20FNO2/c1-13-5-4-6-15(11-13)7-10-19(22)21-14(2)16-8-9-18(23-3)17(20)12-16/h4-12,14H,1-3H3,(H,21,22)/b10-7+/t14-/m0/s1. The van der Waals surface area contributed by atoms with E-state index in [-0.39, 0.29) is 17.7 Å². The highest BCUT2D eigenvalue weighted by atomic mass is 19.1. The molecule has 0 aliphatic carbocycles. The molecular weight excluding hydrogens is 293 g/mol. The van der Waals surface area contributed by atoms with Crippen LogP contribution < -0.4 is 10.1 Å². The van der Waals surface area contributed by atoms with Gasteiger partial charge in [-0.05, 0) is 43.2 Å². The number of hydrogen-bond acceptors (Lipinski definition) is 2. The van der Waals surface area contributed by atoms with Gasteiger partial charge in [0, 0.05) is 6.08 Å². The molecule has 3 nitrogen and oxygen atoms in total. The van der Waals surface area contributed by atoms with Gasteiger partial charge in [0.15, 0.2) is 11.6 Å². The Hall–Kier alpha value is -2.62. The van der Waals surface area contributed by atoms with Crippen molar-refractivity contribution < 1.29 is 13.9 Å². The second kappa shape index (κ2) is 7.58. The molecule has 0 unspecified atom stereocenters. The fourth-order valence-electron chi connectivity index (χ4n) is 2.24. The molecule has 0 radical (unpaired) electrons. The van der Waals surface area contributed by atoms with E-state index in [1.54, 1.807) is 25.1 Å². The fourth-order valence-corrected chi connectivity index (χ4v) is 2.24. The fraction of sp³-hybridized carbons (Fsp3) is 0.211. The predicted octanol–water partition coefficient (Wildman–Crippen LogP) is 4.03. The number of amides is 1. The number of hydrogen-bond donors (Lipinski definition) is 1. The number of nitrogens with one attached hydrogen (secondary N) is 1. The third-order valence-electron chi connectivity index (χ3n) is 3.50. The molecule has 0 saturated carbocycles. The highest BCUT2D eigenvalue weighted by molar-refractivity contribution is 5.92. The van der Waals surface area contributed by atoms with Crippen LogP contribution in [0.5, 0.6) is 5.75 Å². The largest absolute Gasteiger partial charge is 0.494 e. The molecule has 120 valence electrons. The van der Waals surface area contributed by atoms with E-state index >= 15 is 0 Å². The topological polar surface area (TPSA) is 38.3 Å². The van der Waals surface area contributed by atoms with Crippen molar-refractivity contribution in [1.29, 1.82) is 0 Å². The van der Waals surface area contributed by atoms with E-state index in [4.69, 9.17) is 4.74 Å². The number of rotatable bonds is 5. The molecule has 0 saturated heterocycles. The average molecular weight is 313 g/mol. The average Bonchev–Trinajstić information content (AvgIpc) is 2.53. The van der Waals surface area contributed by atoms with Gasteiger partial charge in [0.2, 0.25) is 5.91 Å². The monoisotopic (exact) mass is 313 g/mol. The summed E-state index contributed by atoms with van der Waals surface area (Å²) in [5, 5.41) is 2.81. The van der Waals surface area contributed by atoms with Crippen LogP contribution in [-0.2, 0) is 4.79 Å². The summed E-state index contributed by atoms with van der Waals surface area (Å²) in [5.41, 5.74) is 2.78. The third-order valence-corrected chi connectivity index (χ3v) is 3.50. The minimum Gasteiger partial charge on any atom is -0.494 e. The molecule has 0 aliphatic rings. The second-order valence-electron chi connectivity index (χ2n) is 5.37. The normalized spacial score (nSPS) is 12.2. The summed E-state index contributed by atoms with van der Waals surface area (Å²) < 4.78 is 18.6. The van der Waals surface area contributed by atoms with E-state index < -0.39 is 5.82 Å². The summed E-state index contributed by atoms with van der Waals surface area (Å²) in [5.74, 6) is -0.483. The van der Waals surface area contributed by atoms with Crippen molar-refractivity contribution in [1.82, 2.24) is 5.32 Å². The van der Waals surface area contributed by atoms with Crippen LogP contribution in [0.1, 0.15) is 29.7 Å². The molecule has 2 aromatic carbocycles. The number of carbonyl (C=O) groups excluding carboxylic acids is 1. The molecule has 4 heteroatoms. The number of ether oxygens (including phenoxy) is 1. The summed E-state index contributed by atoms with van der Waals surface area (Å²) in [6, 6.07) is 12.2. The lowest BCUT2D eigenvalue weighted by Crippen LogP contribution is -2.24. The molecule has 1 atom stereocenters. The Balaban J connectivity index is 2.00. The Bertz CT molecular complexity index is 725. The first-order valence-electron chi connectivity index (χ1n) is 7.38. The van der Waals surface area contributed by atoms with Crippen LogP contribution in [0, 0.1) is 12.7 Å². The molecule has 2 aromatic rings. The number of benzene rings is 2. The number of aryl methyl sites for hydroxylation is 1. The summed E-state index contributed by atoms with van der Waals surface area (Å²) in [6.45, 7) is 3.80. The molecule has 0 aromatic heterocycles. The molecule has 0 aliphatic heterocycles. The maximum Gasteiger partial charge on any atom is 0.244 e. The maximum atomic E-state index is 13.7. The smallest absolute Gasteiger partial charge is 0.244 e. The van der Waals surface area contributed by atoms with Crippen LogP contribution in [-0.4, -0.2) is 13.0 Å². The molecule has 1 amide bonds. The van der Waals surface area contributed by atoms with E-state index in [2.05, 4.69) is 5.32 Å². The lowest BCUT2D eigenvalue weighted by atomic mass is 10.1. The number of carbonyl (C=O) groups is 1. The van der Waals surface area contributed by atoms with Gasteiger partial charge < -0.3 is 10.1 Å². The Kier molecular flexibility index (Phi) is 5.52. The van der Waals surface area contributed by atoms with Gasteiger partial charge in [-0.1, -0.05) is 35.9 Å². The minimum atomic E-state index is -0.443. The van der Waals surface area contributed by atoms with Crippen molar-refractivity contribution in [3.8, 4) is 5.75 Å². The molecule has 0 heterocycles. The van der Waals surface area contributed by atoms with Crippen LogP contribution in [0.2, 0.25) is 0 Å². The first-order valence-corrected chi connectivity index (χ1v) is 7.38. The SMILES string of the molecule is COc1ccc([C@H](C)NC(=O)/C=C/c2cccc(C)c2)cc1F. The van der Waals surface area contributed by atoms with Gasteiger partial charge in [0.05, 0.1) is 13.2 Å². The minimum absolute atomic E-state index is 0.187. The van der Waals surface area contributed by atoms with E-state index in [0.717, 1.165) is 11.1 Å². The van der Waals surface area contributed by atoms with Gasteiger partial charge in [0.1, 0.15) is 0 Å². The summed E-state index contributed by atoms with van der Waals surface area (Å²) in [6.07, 6.45) is 3.23. The van der Waals surface area contributed by atoms with Crippen molar-refractivity contribution in [3.63, 3.8) is 0 Å². The van der Waals surface area contributed by atoms with Crippen LogP contribution in [0.15, 0.2) is 48.5 Å². The Morgan fingerprint density at radius 1 is 1.26 bits per heavy atom. The quantitative estimate of drug-likeness (QED) is 0.846. The van der Waals surface area contributed by atoms with Crippen molar-refractivity contribution in [3.05, 3.63) is 71.0 Å². The van der Waals surface area contributed by atoms with E-state index in [0.29, 0.717) is 5.56 Å². The zero-order chi connectivity index (χ0) is 16.8. The maximum absolute atomic E-state index is 13.7. The summed E-state index contributed by atoms with van der Waals surface area (Å²) >= 11 is 0. The number of methoxy groups -OCH3 is 1. The van der Waals surface area contributed by atoms with Gasteiger partial charge in [-0.3, -0.25) is 4.79 Å². The van der Waals surface area contributed by atoms with Gasteiger partial charge in [-0.25, -0.2) is 4.39 Å². The van der Waals surface area contributed by atoms with Crippen LogP contribution in [0.3, 0.4) is 0 Å². The molecule has 2 rings (SSSR count). The van der Waals surface area contributed by atoms with Gasteiger partial charge >= 0.3 is 0 Å². The lowest BCUT2D eigenvalue weighted by molar-refractivity contribution is -0.117. The molecule has 0 bridgehead atoms. The zero-order valence-electron chi connectivity index (χ0n) is 13.5. The van der Waals surface area contributed by atoms with Gasteiger partial charge in [-0.15, -0.1) is 0 Å². The van der Waals surface area contributed by atoms with E-state index in [9.17, 15) is 9.18 Å². The second-order valence-corrected chi connectivity index (χ2v) is 5.37. The van der Waals surface area contributed by atoms with Crippen molar-refractivity contribution in [2.75, 3.05) is 7.11 Å². The van der Waals surface area contributed by atoms with Gasteiger partial charge in [0.25, 0.3) is 0 Å². The highest BCUT2D eigenvalue weighted by Gasteiger charge is 2.11. The molecule has 23 heavy (non-hydrogen) atoms. The Morgan fingerprint density at radius 2 is 2.04 bits per heavy atom. The van der Waals surface area contributed by atoms with E-state index in [1.165, 1.54) is 19.3 Å². The molecular formula is C19H20FNO2. The lowest BCUT2D eigenvalue weighted by Gasteiger charge is -2.14. The van der Waals surface area contributed by atoms with Crippen LogP contribution in [0.25, 0.3) is 6.08 Å². The molecule has 0 spiro atoms. The van der Waals surface area contributed by atoms with E-state index in [1.807, 2.05) is 31.2 Å². The first kappa shape index (κ1) is 16.7. The highest BCUT2D eigenvalue weighted by Crippen LogP contribution is 2.21. The van der Waals surface area contributed by atoms with Crippen LogP contribution in [0.4, 0.5) is 4.39 Å². The molecule has 0 fully saturated rings. The van der Waals surface area contributed by atoms with Crippen molar-refractivity contribution in [2.24, 2.45) is 0 Å². The third kappa shape index (κ3) is 4.68. The van der Waals surface area contributed by atoms with Crippen molar-refractivity contribution >= 4 is 12.0 Å². The van der Waals surface area contributed by atoms with Crippen LogP contribution >= 0.6 is 0 Å². The first-order chi connectivity index (χ1) is 11.0. The Labute approximate surface area is 135 Å². The summed E-state index contributed by atoms with van der Waals surface area (Å²) in [4.78, 5) is 12.0. The predicted molar refractivity (Wildman–Crippen MR) is 89.7 cm³/mol. The molecule has 1 N–H and O–H groups in total. The number of halogens is 1. The zero-order valence-corrected chi connectivity index (χ0v) is 13.5.